The third-order valence-corrected chi connectivity index (χ3v) is 11.8. The number of para-hydroxylation sites is 1. The van der Waals surface area contributed by atoms with Crippen molar-refractivity contribution < 1.29 is 32.6 Å². The Hall–Kier alpha value is -3.83. The van der Waals surface area contributed by atoms with Gasteiger partial charge in [-0.25, -0.2) is 8.42 Å². The number of hydrogen-bond acceptors (Lipinski definition) is 8. The van der Waals surface area contributed by atoms with E-state index in [-0.39, 0.29) is 22.8 Å². The molecular formula is C38H48N2O7S2. The van der Waals surface area contributed by atoms with E-state index in [4.69, 9.17) is 4.74 Å². The molecule has 1 aliphatic rings. The molecule has 9 nitrogen and oxygen atoms in total. The molecule has 0 saturated carbocycles. The minimum Gasteiger partial charge on any atom is -0.483 e. The molecule has 0 radical (unpaired) electrons. The number of carboxylic acid groups (broad SMARTS) is 1. The van der Waals surface area contributed by atoms with Crippen molar-refractivity contribution in [3.63, 3.8) is 0 Å². The molecule has 1 aliphatic heterocycles. The van der Waals surface area contributed by atoms with Gasteiger partial charge in [-0.05, 0) is 42.9 Å². The van der Waals surface area contributed by atoms with E-state index in [1.54, 1.807) is 36.4 Å². The number of rotatable bonds is 17. The fourth-order valence-corrected chi connectivity index (χ4v) is 9.09. The van der Waals surface area contributed by atoms with Gasteiger partial charge < -0.3 is 20.1 Å². The first kappa shape index (κ1) is 38.0. The van der Waals surface area contributed by atoms with Crippen LogP contribution in [0.15, 0.2) is 82.6 Å². The molecule has 264 valence electrons. The van der Waals surface area contributed by atoms with Crippen molar-refractivity contribution in [3.05, 3.63) is 78.4 Å². The van der Waals surface area contributed by atoms with E-state index >= 15 is 0 Å². The van der Waals surface area contributed by atoms with Gasteiger partial charge in [-0.1, -0.05) is 95.0 Å². The van der Waals surface area contributed by atoms with Gasteiger partial charge in [-0.3, -0.25) is 14.4 Å². The number of unbranched alkanes of at least 4 members (excludes halogenated alkanes) is 2. The Morgan fingerprint density at radius 1 is 0.980 bits per heavy atom. The molecule has 0 aromatic heterocycles. The van der Waals surface area contributed by atoms with Crippen LogP contribution in [0.5, 0.6) is 5.75 Å². The van der Waals surface area contributed by atoms with Crippen molar-refractivity contribution in [2.45, 2.75) is 81.5 Å². The van der Waals surface area contributed by atoms with E-state index in [1.165, 1.54) is 18.7 Å². The van der Waals surface area contributed by atoms with Gasteiger partial charge in [-0.15, -0.1) is 11.8 Å². The maximum absolute atomic E-state index is 14.4. The van der Waals surface area contributed by atoms with Crippen molar-refractivity contribution in [2.75, 3.05) is 30.1 Å². The molecule has 0 bridgehead atoms. The number of ether oxygens (including phenoxy) is 1. The van der Waals surface area contributed by atoms with Gasteiger partial charge >= 0.3 is 5.97 Å². The number of aliphatic carboxylic acids is 1. The lowest BCUT2D eigenvalue weighted by Crippen LogP contribution is -2.38. The second-order valence-electron chi connectivity index (χ2n) is 13.0. The normalized spacial score (nSPS) is 16.1. The van der Waals surface area contributed by atoms with Gasteiger partial charge in [0.05, 0.1) is 27.1 Å². The Morgan fingerprint density at radius 2 is 1.59 bits per heavy atom. The van der Waals surface area contributed by atoms with Crippen LogP contribution in [0.2, 0.25) is 0 Å². The SMILES string of the molecule is CCCCC1(CCCC)CN(c2ccccc2)c2cc(SC)c(OCC(=O)N[C@@H](C(=O)C[C@@H](C)C(=O)O)c3ccccc3)cc2S(=O)(=O)C1. The van der Waals surface area contributed by atoms with E-state index in [1.807, 2.05) is 42.7 Å². The molecule has 0 spiro atoms. The number of carbonyl (C=O) groups excluding carboxylic acids is 2. The zero-order chi connectivity index (χ0) is 35.6. The van der Waals surface area contributed by atoms with Crippen LogP contribution in [0.3, 0.4) is 0 Å². The third-order valence-electron chi connectivity index (χ3n) is 9.10. The van der Waals surface area contributed by atoms with Crippen LogP contribution < -0.4 is 15.0 Å². The Morgan fingerprint density at radius 3 is 2.16 bits per heavy atom. The number of fused-ring (bicyclic) bond motifs is 1. The van der Waals surface area contributed by atoms with E-state index in [2.05, 4.69) is 24.1 Å². The minimum atomic E-state index is -3.78. The molecule has 2 atom stereocenters. The zero-order valence-corrected chi connectivity index (χ0v) is 30.4. The molecule has 1 heterocycles. The highest BCUT2D eigenvalue weighted by atomic mass is 32.2. The lowest BCUT2D eigenvalue weighted by atomic mass is 9.79. The number of ketones is 1. The van der Waals surface area contributed by atoms with Crippen molar-refractivity contribution in [1.82, 2.24) is 5.32 Å². The molecule has 1 amide bonds. The van der Waals surface area contributed by atoms with Gasteiger partial charge in [0.15, 0.2) is 22.2 Å². The molecule has 2 N–H and O–H groups in total. The predicted molar refractivity (Wildman–Crippen MR) is 194 cm³/mol. The second-order valence-corrected chi connectivity index (χ2v) is 15.8. The third kappa shape index (κ3) is 9.66. The van der Waals surface area contributed by atoms with Gasteiger partial charge in [0.1, 0.15) is 11.8 Å². The number of amides is 1. The molecule has 0 fully saturated rings. The summed E-state index contributed by atoms with van der Waals surface area (Å²) < 4.78 is 34.8. The lowest BCUT2D eigenvalue weighted by Gasteiger charge is -2.37. The summed E-state index contributed by atoms with van der Waals surface area (Å²) in [6.45, 7) is 5.79. The maximum atomic E-state index is 14.4. The molecule has 4 rings (SSSR count). The number of Topliss-reactive ketones (excluding diaryl/α,β-unsaturated/α-hetero) is 1. The summed E-state index contributed by atoms with van der Waals surface area (Å²) in [4.78, 5) is 40.8. The number of benzene rings is 3. The zero-order valence-electron chi connectivity index (χ0n) is 28.8. The quantitative estimate of drug-likeness (QED) is 0.136. The Kier molecular flexibility index (Phi) is 13.3. The van der Waals surface area contributed by atoms with Crippen molar-refractivity contribution in [3.8, 4) is 5.75 Å². The molecule has 3 aromatic rings. The summed E-state index contributed by atoms with van der Waals surface area (Å²) in [7, 11) is -3.78. The average molecular weight is 709 g/mol. The molecule has 0 saturated heterocycles. The van der Waals surface area contributed by atoms with Gasteiger partial charge in [0.2, 0.25) is 0 Å². The summed E-state index contributed by atoms with van der Waals surface area (Å²) in [5.41, 5.74) is 1.57. The highest BCUT2D eigenvalue weighted by molar-refractivity contribution is 7.98. The van der Waals surface area contributed by atoms with Crippen molar-refractivity contribution in [1.29, 1.82) is 0 Å². The van der Waals surface area contributed by atoms with Gasteiger partial charge in [0, 0.05) is 30.1 Å². The number of sulfone groups is 1. The fourth-order valence-electron chi connectivity index (χ4n) is 6.43. The van der Waals surface area contributed by atoms with Crippen molar-refractivity contribution in [2.24, 2.45) is 11.3 Å². The Bertz CT molecular complexity index is 1690. The van der Waals surface area contributed by atoms with Gasteiger partial charge in [0.25, 0.3) is 5.91 Å². The minimum absolute atomic E-state index is 0.0184. The monoisotopic (exact) mass is 708 g/mol. The molecule has 3 aromatic carbocycles. The van der Waals surface area contributed by atoms with Gasteiger partial charge in [-0.2, -0.15) is 0 Å². The fraction of sp³-hybridized carbons (Fsp3) is 0.447. The van der Waals surface area contributed by atoms with E-state index in [0.717, 1.165) is 44.2 Å². The van der Waals surface area contributed by atoms with Crippen LogP contribution in [0.25, 0.3) is 0 Å². The highest BCUT2D eigenvalue weighted by Gasteiger charge is 2.42. The molecule has 11 heteroatoms. The number of hydrogen-bond donors (Lipinski definition) is 2. The maximum Gasteiger partial charge on any atom is 0.306 e. The summed E-state index contributed by atoms with van der Waals surface area (Å²) in [6, 6.07) is 20.8. The number of nitrogens with zero attached hydrogens (tertiary/aromatic N) is 1. The molecular weight excluding hydrogens is 661 g/mol. The van der Waals surface area contributed by atoms with Crippen LogP contribution >= 0.6 is 11.8 Å². The number of thioether (sulfide) groups is 1. The Balaban J connectivity index is 1.68. The summed E-state index contributed by atoms with van der Waals surface area (Å²) in [5.74, 6) is -2.78. The topological polar surface area (TPSA) is 130 Å². The van der Waals surface area contributed by atoms with Crippen molar-refractivity contribution >= 4 is 50.6 Å². The first-order valence-corrected chi connectivity index (χ1v) is 19.8. The van der Waals surface area contributed by atoms with Crippen LogP contribution in [0, 0.1) is 11.3 Å². The predicted octanol–water partition coefficient (Wildman–Crippen LogP) is 7.62. The highest BCUT2D eigenvalue weighted by Crippen LogP contribution is 2.47. The second kappa shape index (κ2) is 17.2. The number of carbonyl (C=O) groups is 3. The summed E-state index contributed by atoms with van der Waals surface area (Å²) >= 11 is 1.39. The van der Waals surface area contributed by atoms with Crippen LogP contribution in [-0.2, 0) is 24.2 Å². The lowest BCUT2D eigenvalue weighted by molar-refractivity contribution is -0.143. The number of nitrogens with one attached hydrogen (secondary N) is 1. The van der Waals surface area contributed by atoms with E-state index in [0.29, 0.717) is 22.7 Å². The largest absolute Gasteiger partial charge is 0.483 e. The number of carboxylic acids is 1. The van der Waals surface area contributed by atoms with E-state index in [9.17, 15) is 27.9 Å². The van der Waals surface area contributed by atoms with Crippen LogP contribution in [0.4, 0.5) is 11.4 Å². The first-order chi connectivity index (χ1) is 23.4. The van der Waals surface area contributed by atoms with E-state index < -0.39 is 51.5 Å². The smallest absolute Gasteiger partial charge is 0.306 e. The number of anilines is 2. The summed E-state index contributed by atoms with van der Waals surface area (Å²) in [6.07, 6.45) is 7.00. The van der Waals surface area contributed by atoms with Crippen LogP contribution in [-0.4, -0.2) is 56.3 Å². The molecule has 0 unspecified atom stereocenters. The molecule has 49 heavy (non-hydrogen) atoms. The van der Waals surface area contributed by atoms with Crippen LogP contribution in [0.1, 0.15) is 77.3 Å². The molecule has 0 aliphatic carbocycles. The Labute approximate surface area is 294 Å². The summed E-state index contributed by atoms with van der Waals surface area (Å²) in [5, 5.41) is 12.1. The first-order valence-electron chi connectivity index (χ1n) is 16.9. The average Bonchev–Trinajstić information content (AvgIpc) is 3.19. The standard InChI is InChI=1S/C38H48N2O7S2/c1-5-7-19-38(20-8-6-2)25-40(29-17-13-10-14-18-29)30-22-33(48-4)32(23-34(30)49(45,46)26-38)47-24-35(42)39-36(28-15-11-9-12-16-28)31(41)21-27(3)37(43)44/h9-18,22-23,27,36H,5-8,19-21,24-26H2,1-4H3,(H,39,42)(H,43,44)/t27-,36-/m1/s1.